The number of hydrogen-bond acceptors (Lipinski definition) is 4. The highest BCUT2D eigenvalue weighted by atomic mass is 32.2. The van der Waals surface area contributed by atoms with Crippen LogP contribution < -0.4 is 0 Å². The van der Waals surface area contributed by atoms with Crippen LogP contribution in [0.1, 0.15) is 49.7 Å². The molecule has 0 bridgehead atoms. The largest absolute Gasteiger partial charge is 0.236 e. The van der Waals surface area contributed by atoms with E-state index < -0.39 is 0 Å². The van der Waals surface area contributed by atoms with Crippen LogP contribution in [0, 0.1) is 18.3 Å². The molecular formula is C12H15N3S. The molecule has 84 valence electrons. The predicted molar refractivity (Wildman–Crippen MR) is 64.5 cm³/mol. The third-order valence-electron chi connectivity index (χ3n) is 2.48. The summed E-state index contributed by atoms with van der Waals surface area (Å²) in [5.41, 5.74) is 1.46. The van der Waals surface area contributed by atoms with Crippen molar-refractivity contribution in [1.29, 1.82) is 5.26 Å². The fourth-order valence-electron chi connectivity index (χ4n) is 1.53. The molecule has 2 rings (SSSR count). The average molecular weight is 233 g/mol. The van der Waals surface area contributed by atoms with E-state index >= 15 is 0 Å². The second-order valence-corrected chi connectivity index (χ2v) is 5.97. The van der Waals surface area contributed by atoms with E-state index in [1.54, 1.807) is 11.8 Å². The summed E-state index contributed by atoms with van der Waals surface area (Å²) in [4.78, 5) is 8.96. The van der Waals surface area contributed by atoms with Crippen LogP contribution in [0.2, 0.25) is 0 Å². The monoisotopic (exact) mass is 233 g/mol. The minimum Gasteiger partial charge on any atom is -0.236 e. The topological polar surface area (TPSA) is 49.6 Å². The summed E-state index contributed by atoms with van der Waals surface area (Å²) in [6, 6.07) is 2.21. The quantitative estimate of drug-likeness (QED) is 0.594. The van der Waals surface area contributed by atoms with Gasteiger partial charge in [0, 0.05) is 11.2 Å². The molecule has 0 saturated heterocycles. The Morgan fingerprint density at radius 1 is 1.38 bits per heavy atom. The summed E-state index contributed by atoms with van der Waals surface area (Å²) in [6.07, 6.45) is 2.38. The molecule has 0 radical (unpaired) electrons. The van der Waals surface area contributed by atoms with Gasteiger partial charge in [0.05, 0.1) is 5.69 Å². The summed E-state index contributed by atoms with van der Waals surface area (Å²) >= 11 is 1.65. The highest BCUT2D eigenvalue weighted by Gasteiger charge is 2.28. The maximum absolute atomic E-state index is 9.11. The molecule has 3 nitrogen and oxygen atoms in total. The zero-order valence-corrected chi connectivity index (χ0v) is 10.6. The maximum Gasteiger partial charge on any atom is 0.133 e. The molecule has 1 heterocycles. The number of aryl methyl sites for hydroxylation is 1. The highest BCUT2D eigenvalue weighted by molar-refractivity contribution is 7.99. The van der Waals surface area contributed by atoms with Gasteiger partial charge in [0.2, 0.25) is 0 Å². The second kappa shape index (κ2) is 4.42. The van der Waals surface area contributed by atoms with Crippen molar-refractivity contribution in [1.82, 2.24) is 9.97 Å². The molecule has 0 unspecified atom stereocenters. The van der Waals surface area contributed by atoms with Gasteiger partial charge < -0.3 is 0 Å². The maximum atomic E-state index is 9.11. The Kier molecular flexibility index (Phi) is 3.15. The van der Waals surface area contributed by atoms with E-state index in [2.05, 4.69) is 29.9 Å². The molecule has 0 N–H and O–H groups in total. The van der Waals surface area contributed by atoms with Crippen molar-refractivity contribution >= 4 is 11.8 Å². The van der Waals surface area contributed by atoms with E-state index in [4.69, 9.17) is 5.26 Å². The highest BCUT2D eigenvalue weighted by Crippen LogP contribution is 2.39. The van der Waals surface area contributed by atoms with Crippen LogP contribution in [0.5, 0.6) is 0 Å². The van der Waals surface area contributed by atoms with Crippen LogP contribution >= 0.6 is 11.8 Å². The van der Waals surface area contributed by atoms with Gasteiger partial charge in [-0.05, 0) is 19.8 Å². The predicted octanol–water partition coefficient (Wildman–Crippen LogP) is 3.03. The van der Waals surface area contributed by atoms with Crippen LogP contribution in [0.15, 0.2) is 5.03 Å². The lowest BCUT2D eigenvalue weighted by Gasteiger charge is -2.09. The first-order chi connectivity index (χ1) is 7.61. The van der Waals surface area contributed by atoms with Crippen molar-refractivity contribution in [3.05, 3.63) is 17.1 Å². The zero-order chi connectivity index (χ0) is 11.7. The van der Waals surface area contributed by atoms with Gasteiger partial charge in [-0.25, -0.2) is 9.97 Å². The molecule has 0 atom stereocenters. The number of thioether (sulfide) groups is 1. The molecule has 0 amide bonds. The first-order valence-electron chi connectivity index (χ1n) is 5.57. The molecule has 0 spiro atoms. The Hall–Kier alpha value is -1.08. The van der Waals surface area contributed by atoms with Crippen molar-refractivity contribution in [3.63, 3.8) is 0 Å². The minimum absolute atomic E-state index is 0.438. The lowest BCUT2D eigenvalue weighted by atomic mass is 10.2. The van der Waals surface area contributed by atoms with Gasteiger partial charge in [0.25, 0.3) is 0 Å². The fraction of sp³-hybridized carbons (Fsp3) is 0.583. The Balaban J connectivity index is 2.41. The Morgan fingerprint density at radius 2 is 2.06 bits per heavy atom. The number of nitriles is 1. The molecule has 16 heavy (non-hydrogen) atoms. The van der Waals surface area contributed by atoms with Crippen molar-refractivity contribution in [3.8, 4) is 6.07 Å². The lowest BCUT2D eigenvalue weighted by molar-refractivity contribution is 0.848. The summed E-state index contributed by atoms with van der Waals surface area (Å²) in [5, 5.41) is 10.4. The first kappa shape index (κ1) is 11.4. The fourth-order valence-corrected chi connectivity index (χ4v) is 2.43. The Morgan fingerprint density at radius 3 is 2.56 bits per heavy atom. The molecular weight excluding hydrogens is 218 g/mol. The van der Waals surface area contributed by atoms with Crippen LogP contribution in [0.25, 0.3) is 0 Å². The van der Waals surface area contributed by atoms with Gasteiger partial charge in [0.1, 0.15) is 22.5 Å². The average Bonchev–Trinajstić information content (AvgIpc) is 2.99. The smallest absolute Gasteiger partial charge is 0.133 e. The molecule has 1 fully saturated rings. The molecule has 0 aromatic carbocycles. The van der Waals surface area contributed by atoms with Gasteiger partial charge in [0.15, 0.2) is 0 Å². The normalized spacial score (nSPS) is 15.2. The van der Waals surface area contributed by atoms with Gasteiger partial charge in [-0.1, -0.05) is 13.8 Å². The second-order valence-electron chi connectivity index (χ2n) is 4.40. The molecule has 4 heteroatoms. The van der Waals surface area contributed by atoms with E-state index in [0.717, 1.165) is 16.5 Å². The van der Waals surface area contributed by atoms with Crippen molar-refractivity contribution in [2.75, 3.05) is 0 Å². The number of rotatable bonds is 3. The Bertz CT molecular complexity index is 444. The van der Waals surface area contributed by atoms with Gasteiger partial charge in [-0.2, -0.15) is 5.26 Å². The Labute approximate surface area is 100 Å². The zero-order valence-electron chi connectivity index (χ0n) is 9.82. The SMILES string of the molecule is Cc1nc(C2CC2)nc(SC(C)C)c1C#N. The van der Waals surface area contributed by atoms with E-state index in [0.29, 0.717) is 16.7 Å². The van der Waals surface area contributed by atoms with Crippen LogP contribution in [0.4, 0.5) is 0 Å². The number of hydrogen-bond donors (Lipinski definition) is 0. The van der Waals surface area contributed by atoms with Gasteiger partial charge in [-0.3, -0.25) is 0 Å². The lowest BCUT2D eigenvalue weighted by Crippen LogP contribution is -2.03. The van der Waals surface area contributed by atoms with Crippen LogP contribution in [-0.2, 0) is 0 Å². The van der Waals surface area contributed by atoms with E-state index in [1.807, 2.05) is 6.92 Å². The molecule has 0 aliphatic heterocycles. The van der Waals surface area contributed by atoms with Crippen LogP contribution in [-0.4, -0.2) is 15.2 Å². The van der Waals surface area contributed by atoms with Crippen LogP contribution in [0.3, 0.4) is 0 Å². The molecule has 1 saturated carbocycles. The summed E-state index contributed by atoms with van der Waals surface area (Å²) in [6.45, 7) is 6.12. The van der Waals surface area contributed by atoms with Crippen molar-refractivity contribution < 1.29 is 0 Å². The van der Waals surface area contributed by atoms with Gasteiger partial charge >= 0.3 is 0 Å². The summed E-state index contributed by atoms with van der Waals surface area (Å²) in [7, 11) is 0. The number of aromatic nitrogens is 2. The molecule has 1 aromatic heterocycles. The molecule has 1 aliphatic carbocycles. The first-order valence-corrected chi connectivity index (χ1v) is 6.45. The van der Waals surface area contributed by atoms with E-state index in [-0.39, 0.29) is 0 Å². The summed E-state index contributed by atoms with van der Waals surface area (Å²) < 4.78 is 0. The minimum atomic E-state index is 0.438. The third kappa shape index (κ3) is 2.35. The summed E-state index contributed by atoms with van der Waals surface area (Å²) in [5.74, 6) is 1.47. The van der Waals surface area contributed by atoms with Gasteiger partial charge in [-0.15, -0.1) is 11.8 Å². The third-order valence-corrected chi connectivity index (χ3v) is 3.47. The van der Waals surface area contributed by atoms with E-state index in [1.165, 1.54) is 12.8 Å². The molecule has 1 aromatic rings. The molecule has 1 aliphatic rings. The van der Waals surface area contributed by atoms with E-state index in [9.17, 15) is 0 Å². The standard InChI is InChI=1S/C12H15N3S/c1-7(2)16-12-10(6-13)8(3)14-11(15-12)9-4-5-9/h7,9H,4-5H2,1-3H3. The van der Waals surface area contributed by atoms with Crippen molar-refractivity contribution in [2.45, 2.75) is 49.8 Å². The number of nitrogens with zero attached hydrogens (tertiary/aromatic N) is 3. The van der Waals surface area contributed by atoms with Crippen molar-refractivity contribution in [2.24, 2.45) is 0 Å².